The van der Waals surface area contributed by atoms with Crippen molar-refractivity contribution < 1.29 is 28.5 Å². The zero-order chi connectivity index (χ0) is 18.5. The lowest BCUT2D eigenvalue weighted by atomic mass is 10.2. The lowest BCUT2D eigenvalue weighted by Gasteiger charge is -2.11. The summed E-state index contributed by atoms with van der Waals surface area (Å²) in [7, 11) is 3.02. The van der Waals surface area contributed by atoms with Crippen molar-refractivity contribution in [3.8, 4) is 23.0 Å². The first-order valence-corrected chi connectivity index (χ1v) is 7.80. The van der Waals surface area contributed by atoms with Crippen LogP contribution in [0.5, 0.6) is 23.0 Å². The van der Waals surface area contributed by atoms with Crippen LogP contribution in [-0.4, -0.2) is 32.8 Å². The predicted octanol–water partition coefficient (Wildman–Crippen LogP) is 2.40. The Balaban J connectivity index is 1.58. The van der Waals surface area contributed by atoms with Crippen molar-refractivity contribution in [2.45, 2.75) is 6.42 Å². The summed E-state index contributed by atoms with van der Waals surface area (Å²) in [4.78, 5) is 24.2. The molecular weight excluding hydrogens is 340 g/mol. The van der Waals surface area contributed by atoms with Crippen LogP contribution in [0.3, 0.4) is 0 Å². The smallest absolute Gasteiger partial charge is 0.233 e. The average molecular weight is 358 g/mol. The lowest BCUT2D eigenvalue weighted by molar-refractivity contribution is -0.123. The van der Waals surface area contributed by atoms with Crippen molar-refractivity contribution in [2.24, 2.45) is 0 Å². The highest BCUT2D eigenvalue weighted by Crippen LogP contribution is 2.34. The number of anilines is 2. The number of hydrogen-bond donors (Lipinski definition) is 2. The zero-order valence-electron chi connectivity index (χ0n) is 14.3. The van der Waals surface area contributed by atoms with Crippen LogP contribution < -0.4 is 29.6 Å². The van der Waals surface area contributed by atoms with E-state index in [1.807, 2.05) is 0 Å². The molecule has 8 nitrogen and oxygen atoms in total. The standard InChI is InChI=1S/C18H18N2O6/c1-23-12-4-5-13(15(8-12)24-2)20-18(22)9-17(21)19-11-3-6-14-16(7-11)26-10-25-14/h3-8H,9-10H2,1-2H3,(H,19,21)(H,20,22). The SMILES string of the molecule is COc1ccc(NC(=O)CC(=O)Nc2ccc3c(c2)OCO3)c(OC)c1. The van der Waals surface area contributed by atoms with E-state index in [2.05, 4.69) is 10.6 Å². The molecule has 0 saturated carbocycles. The van der Waals surface area contributed by atoms with Crippen molar-refractivity contribution in [1.29, 1.82) is 0 Å². The summed E-state index contributed by atoms with van der Waals surface area (Å²) in [5.41, 5.74) is 0.975. The van der Waals surface area contributed by atoms with Gasteiger partial charge in [0.05, 0.1) is 19.9 Å². The Kier molecular flexibility index (Phi) is 5.12. The maximum absolute atomic E-state index is 12.1. The molecular formula is C18H18N2O6. The quantitative estimate of drug-likeness (QED) is 0.770. The molecule has 3 rings (SSSR count). The number of hydrogen-bond acceptors (Lipinski definition) is 6. The van der Waals surface area contributed by atoms with Crippen LogP contribution in [0.25, 0.3) is 0 Å². The van der Waals surface area contributed by atoms with Crippen LogP contribution in [0.4, 0.5) is 11.4 Å². The summed E-state index contributed by atoms with van der Waals surface area (Å²) in [6.07, 6.45) is -0.344. The molecule has 2 aromatic carbocycles. The van der Waals surface area contributed by atoms with Gasteiger partial charge in [-0.2, -0.15) is 0 Å². The molecule has 0 bridgehead atoms. The Morgan fingerprint density at radius 1 is 0.962 bits per heavy atom. The fourth-order valence-corrected chi connectivity index (χ4v) is 2.42. The summed E-state index contributed by atoms with van der Waals surface area (Å²) in [5, 5.41) is 5.29. The van der Waals surface area contributed by atoms with E-state index in [1.165, 1.54) is 14.2 Å². The molecule has 26 heavy (non-hydrogen) atoms. The normalized spacial score (nSPS) is 11.6. The minimum Gasteiger partial charge on any atom is -0.497 e. The third-order valence-electron chi connectivity index (χ3n) is 3.66. The molecule has 0 aromatic heterocycles. The number of rotatable bonds is 6. The Hall–Kier alpha value is -3.42. The van der Waals surface area contributed by atoms with Gasteiger partial charge < -0.3 is 29.6 Å². The molecule has 136 valence electrons. The van der Waals surface area contributed by atoms with Gasteiger partial charge in [0.2, 0.25) is 18.6 Å². The second-order valence-electron chi connectivity index (χ2n) is 5.41. The van der Waals surface area contributed by atoms with E-state index in [0.29, 0.717) is 34.4 Å². The van der Waals surface area contributed by atoms with Crippen LogP contribution in [0, 0.1) is 0 Å². The highest BCUT2D eigenvalue weighted by atomic mass is 16.7. The molecule has 2 amide bonds. The van der Waals surface area contributed by atoms with Gasteiger partial charge in [-0.1, -0.05) is 0 Å². The van der Waals surface area contributed by atoms with Crippen molar-refractivity contribution in [3.05, 3.63) is 36.4 Å². The molecule has 2 aromatic rings. The number of ether oxygens (including phenoxy) is 4. The van der Waals surface area contributed by atoms with Gasteiger partial charge in [0.25, 0.3) is 0 Å². The lowest BCUT2D eigenvalue weighted by Crippen LogP contribution is -2.21. The first-order valence-electron chi connectivity index (χ1n) is 7.80. The molecule has 1 aliphatic heterocycles. The zero-order valence-corrected chi connectivity index (χ0v) is 14.3. The molecule has 0 aliphatic carbocycles. The monoisotopic (exact) mass is 358 g/mol. The van der Waals surface area contributed by atoms with E-state index < -0.39 is 11.8 Å². The second-order valence-corrected chi connectivity index (χ2v) is 5.41. The number of amides is 2. The predicted molar refractivity (Wildman–Crippen MR) is 94.0 cm³/mol. The number of carbonyl (C=O) groups excluding carboxylic acids is 2. The molecule has 8 heteroatoms. The minimum atomic E-state index is -0.466. The third-order valence-corrected chi connectivity index (χ3v) is 3.66. The van der Waals surface area contributed by atoms with Crippen LogP contribution in [0.15, 0.2) is 36.4 Å². The number of nitrogens with one attached hydrogen (secondary N) is 2. The topological polar surface area (TPSA) is 95.1 Å². The molecule has 2 N–H and O–H groups in total. The third kappa shape index (κ3) is 3.97. The first kappa shape index (κ1) is 17.4. The van der Waals surface area contributed by atoms with E-state index >= 15 is 0 Å². The Labute approximate surface area is 150 Å². The van der Waals surface area contributed by atoms with Crippen LogP contribution >= 0.6 is 0 Å². The molecule has 1 heterocycles. The van der Waals surface area contributed by atoms with E-state index in [9.17, 15) is 9.59 Å². The summed E-state index contributed by atoms with van der Waals surface area (Å²) in [6, 6.07) is 9.99. The van der Waals surface area contributed by atoms with Gasteiger partial charge in [-0.3, -0.25) is 9.59 Å². The van der Waals surface area contributed by atoms with E-state index in [0.717, 1.165) is 0 Å². The van der Waals surface area contributed by atoms with E-state index in [1.54, 1.807) is 36.4 Å². The van der Waals surface area contributed by atoms with Gasteiger partial charge >= 0.3 is 0 Å². The molecule has 1 aliphatic rings. The Morgan fingerprint density at radius 3 is 2.50 bits per heavy atom. The Bertz CT molecular complexity index is 836. The fourth-order valence-electron chi connectivity index (χ4n) is 2.42. The molecule has 0 saturated heterocycles. The van der Waals surface area contributed by atoms with Crippen LogP contribution in [-0.2, 0) is 9.59 Å². The number of carbonyl (C=O) groups is 2. The largest absolute Gasteiger partial charge is 0.497 e. The minimum absolute atomic E-state index is 0.152. The molecule has 0 atom stereocenters. The first-order chi connectivity index (χ1) is 12.6. The molecule has 0 radical (unpaired) electrons. The van der Waals surface area contributed by atoms with Crippen LogP contribution in [0.1, 0.15) is 6.42 Å². The van der Waals surface area contributed by atoms with Gasteiger partial charge in [0.1, 0.15) is 17.9 Å². The molecule has 0 spiro atoms. The molecule has 0 unspecified atom stereocenters. The fraction of sp³-hybridized carbons (Fsp3) is 0.222. The maximum Gasteiger partial charge on any atom is 0.233 e. The van der Waals surface area contributed by atoms with Crippen molar-refractivity contribution in [2.75, 3.05) is 31.6 Å². The van der Waals surface area contributed by atoms with Gasteiger partial charge in [0, 0.05) is 17.8 Å². The molecule has 0 fully saturated rings. The van der Waals surface area contributed by atoms with Gasteiger partial charge in [-0.05, 0) is 24.3 Å². The van der Waals surface area contributed by atoms with Gasteiger partial charge in [-0.15, -0.1) is 0 Å². The second kappa shape index (κ2) is 7.64. The highest BCUT2D eigenvalue weighted by Gasteiger charge is 2.16. The van der Waals surface area contributed by atoms with Crippen molar-refractivity contribution in [1.82, 2.24) is 0 Å². The maximum atomic E-state index is 12.1. The van der Waals surface area contributed by atoms with E-state index in [4.69, 9.17) is 18.9 Å². The number of methoxy groups -OCH3 is 2. The summed E-state index contributed by atoms with van der Waals surface area (Å²) < 4.78 is 20.8. The van der Waals surface area contributed by atoms with Crippen LogP contribution in [0.2, 0.25) is 0 Å². The highest BCUT2D eigenvalue weighted by molar-refractivity contribution is 6.08. The van der Waals surface area contributed by atoms with Gasteiger partial charge in [-0.25, -0.2) is 0 Å². The van der Waals surface area contributed by atoms with Crippen molar-refractivity contribution >= 4 is 23.2 Å². The van der Waals surface area contributed by atoms with Crippen molar-refractivity contribution in [3.63, 3.8) is 0 Å². The number of fused-ring (bicyclic) bond motifs is 1. The Morgan fingerprint density at radius 2 is 1.73 bits per heavy atom. The summed E-state index contributed by atoms with van der Waals surface area (Å²) in [6.45, 7) is 0.152. The van der Waals surface area contributed by atoms with E-state index in [-0.39, 0.29) is 13.2 Å². The summed E-state index contributed by atoms with van der Waals surface area (Å²) in [5.74, 6) is 1.29. The van der Waals surface area contributed by atoms with Gasteiger partial charge in [0.15, 0.2) is 11.5 Å². The summed E-state index contributed by atoms with van der Waals surface area (Å²) >= 11 is 0. The average Bonchev–Trinajstić information content (AvgIpc) is 3.09. The number of benzene rings is 2.